The standard InChI is InChI=1S/C28H41NO10/c1-27(2,3)39-26(32)29-19(25(31)34-7)13-18(24(30)33-6)14-20-22(36-15-17-11-9-8-10-12-17)23-21(16-35-20)37-28(4,5)38-23/h8-12,18-23H,13-16H2,1-7H3,(H,29,32)/t18-,19+,20-,21-,22-,23-/m1/s1. The highest BCUT2D eigenvalue weighted by Crippen LogP contribution is 2.38. The summed E-state index contributed by atoms with van der Waals surface area (Å²) in [5.41, 5.74) is 0.188. The van der Waals surface area contributed by atoms with Crippen LogP contribution in [-0.4, -0.2) is 80.7 Å². The Morgan fingerprint density at radius 3 is 2.33 bits per heavy atom. The van der Waals surface area contributed by atoms with E-state index in [-0.39, 0.29) is 25.6 Å². The van der Waals surface area contributed by atoms with Crippen molar-refractivity contribution in [2.24, 2.45) is 5.92 Å². The van der Waals surface area contributed by atoms with E-state index in [1.54, 1.807) is 20.8 Å². The molecule has 11 heteroatoms. The van der Waals surface area contributed by atoms with Crippen molar-refractivity contribution in [2.75, 3.05) is 20.8 Å². The van der Waals surface area contributed by atoms with Gasteiger partial charge in [0.2, 0.25) is 0 Å². The van der Waals surface area contributed by atoms with Crippen molar-refractivity contribution in [3.8, 4) is 0 Å². The molecule has 0 bridgehead atoms. The Morgan fingerprint density at radius 2 is 1.72 bits per heavy atom. The first kappa shape index (κ1) is 30.8. The minimum atomic E-state index is -1.15. The highest BCUT2D eigenvalue weighted by atomic mass is 16.8. The van der Waals surface area contributed by atoms with E-state index in [9.17, 15) is 14.4 Å². The number of rotatable bonds is 10. The quantitative estimate of drug-likeness (QED) is 0.342. The molecule has 0 radical (unpaired) electrons. The smallest absolute Gasteiger partial charge is 0.408 e. The molecule has 1 aromatic carbocycles. The minimum absolute atomic E-state index is 0.0964. The van der Waals surface area contributed by atoms with Gasteiger partial charge in [0, 0.05) is 0 Å². The van der Waals surface area contributed by atoms with Gasteiger partial charge in [-0.05, 0) is 53.0 Å². The monoisotopic (exact) mass is 551 g/mol. The maximum atomic E-state index is 12.9. The lowest BCUT2D eigenvalue weighted by molar-refractivity contribution is -0.188. The lowest BCUT2D eigenvalue weighted by atomic mass is 9.88. The number of benzene rings is 1. The van der Waals surface area contributed by atoms with Crippen LogP contribution >= 0.6 is 0 Å². The Hall–Kier alpha value is -2.73. The van der Waals surface area contributed by atoms with Crippen LogP contribution in [0.5, 0.6) is 0 Å². The number of fused-ring (bicyclic) bond motifs is 1. The molecule has 1 aromatic rings. The second-order valence-corrected chi connectivity index (χ2v) is 11.2. The summed E-state index contributed by atoms with van der Waals surface area (Å²) >= 11 is 0. The van der Waals surface area contributed by atoms with Crippen molar-refractivity contribution >= 4 is 18.0 Å². The van der Waals surface area contributed by atoms with Gasteiger partial charge >= 0.3 is 18.0 Å². The molecule has 0 aliphatic carbocycles. The van der Waals surface area contributed by atoms with Crippen LogP contribution < -0.4 is 5.32 Å². The number of methoxy groups -OCH3 is 2. The van der Waals surface area contributed by atoms with Gasteiger partial charge in [0.1, 0.15) is 30.0 Å². The van der Waals surface area contributed by atoms with Gasteiger partial charge in [0.15, 0.2) is 5.79 Å². The minimum Gasteiger partial charge on any atom is -0.469 e. The molecule has 0 unspecified atom stereocenters. The van der Waals surface area contributed by atoms with E-state index in [2.05, 4.69) is 5.32 Å². The summed E-state index contributed by atoms with van der Waals surface area (Å²) in [5.74, 6) is -2.94. The predicted molar refractivity (Wildman–Crippen MR) is 138 cm³/mol. The lowest BCUT2D eigenvalue weighted by Crippen LogP contribution is -2.54. The summed E-state index contributed by atoms with van der Waals surface area (Å²) in [6, 6.07) is 8.52. The summed E-state index contributed by atoms with van der Waals surface area (Å²) in [5, 5.41) is 2.52. The van der Waals surface area contributed by atoms with Crippen molar-refractivity contribution in [1.29, 1.82) is 0 Å². The van der Waals surface area contributed by atoms with Crippen LogP contribution in [0, 0.1) is 5.92 Å². The molecule has 6 atom stereocenters. The topological polar surface area (TPSA) is 128 Å². The van der Waals surface area contributed by atoms with Crippen LogP contribution in [0.4, 0.5) is 4.79 Å². The first-order valence-corrected chi connectivity index (χ1v) is 13.1. The van der Waals surface area contributed by atoms with Crippen molar-refractivity contribution in [2.45, 2.75) is 95.9 Å². The van der Waals surface area contributed by atoms with Crippen LogP contribution in [0.15, 0.2) is 30.3 Å². The average molecular weight is 552 g/mol. The molecule has 11 nitrogen and oxygen atoms in total. The second-order valence-electron chi connectivity index (χ2n) is 11.2. The second kappa shape index (κ2) is 13.1. The molecule has 2 aliphatic heterocycles. The molecule has 0 spiro atoms. The van der Waals surface area contributed by atoms with Crippen LogP contribution in [0.1, 0.15) is 53.0 Å². The molecule has 2 saturated heterocycles. The van der Waals surface area contributed by atoms with Crippen molar-refractivity contribution in [1.82, 2.24) is 5.32 Å². The zero-order valence-corrected chi connectivity index (χ0v) is 23.8. The summed E-state index contributed by atoms with van der Waals surface area (Å²) in [6.07, 6.45) is -2.70. The molecule has 2 heterocycles. The number of hydrogen-bond donors (Lipinski definition) is 1. The molecule has 218 valence electrons. The summed E-state index contributed by atoms with van der Waals surface area (Å²) in [7, 11) is 2.47. The van der Waals surface area contributed by atoms with Gasteiger partial charge in [-0.1, -0.05) is 30.3 Å². The number of carbonyl (C=O) groups excluding carboxylic acids is 3. The van der Waals surface area contributed by atoms with Crippen LogP contribution in [0.3, 0.4) is 0 Å². The largest absolute Gasteiger partial charge is 0.469 e. The van der Waals surface area contributed by atoms with Gasteiger partial charge in [-0.3, -0.25) is 4.79 Å². The molecular weight excluding hydrogens is 510 g/mol. The molecule has 1 amide bonds. The molecule has 2 fully saturated rings. The van der Waals surface area contributed by atoms with E-state index in [4.69, 9.17) is 33.2 Å². The van der Waals surface area contributed by atoms with E-state index in [0.29, 0.717) is 6.61 Å². The van der Waals surface area contributed by atoms with E-state index in [1.165, 1.54) is 14.2 Å². The fourth-order valence-electron chi connectivity index (χ4n) is 4.79. The van der Waals surface area contributed by atoms with Crippen molar-refractivity contribution < 1.29 is 47.5 Å². The fourth-order valence-corrected chi connectivity index (χ4v) is 4.79. The number of ether oxygens (including phenoxy) is 7. The van der Waals surface area contributed by atoms with Crippen LogP contribution in [-0.2, 0) is 49.4 Å². The number of carbonyl (C=O) groups is 3. The van der Waals surface area contributed by atoms with Crippen LogP contribution in [0.25, 0.3) is 0 Å². The van der Waals surface area contributed by atoms with E-state index < -0.39 is 59.7 Å². The van der Waals surface area contributed by atoms with E-state index in [0.717, 1.165) is 5.56 Å². The molecule has 1 N–H and O–H groups in total. The third-order valence-electron chi connectivity index (χ3n) is 6.42. The van der Waals surface area contributed by atoms with Gasteiger partial charge < -0.3 is 38.5 Å². The molecular formula is C28H41NO10. The van der Waals surface area contributed by atoms with E-state index in [1.807, 2.05) is 44.2 Å². The third-order valence-corrected chi connectivity index (χ3v) is 6.42. The number of amides is 1. The lowest BCUT2D eigenvalue weighted by Gasteiger charge is -2.39. The zero-order chi connectivity index (χ0) is 28.8. The van der Waals surface area contributed by atoms with Crippen LogP contribution in [0.2, 0.25) is 0 Å². The molecule has 3 rings (SSSR count). The van der Waals surface area contributed by atoms with Gasteiger partial charge in [-0.25, -0.2) is 9.59 Å². The first-order valence-electron chi connectivity index (χ1n) is 13.1. The Balaban J connectivity index is 1.80. The average Bonchev–Trinajstić information content (AvgIpc) is 3.19. The Kier molecular flexibility index (Phi) is 10.3. The predicted octanol–water partition coefficient (Wildman–Crippen LogP) is 3.13. The maximum Gasteiger partial charge on any atom is 0.408 e. The number of alkyl carbamates (subject to hydrolysis) is 1. The summed E-state index contributed by atoms with van der Waals surface area (Å²) < 4.78 is 39.9. The first-order chi connectivity index (χ1) is 18.3. The maximum absolute atomic E-state index is 12.9. The van der Waals surface area contributed by atoms with Crippen molar-refractivity contribution in [3.63, 3.8) is 0 Å². The number of nitrogens with one attached hydrogen (secondary N) is 1. The Labute approximate surface area is 229 Å². The Morgan fingerprint density at radius 1 is 1.05 bits per heavy atom. The number of hydrogen-bond acceptors (Lipinski definition) is 10. The van der Waals surface area contributed by atoms with Gasteiger partial charge in [0.05, 0.1) is 39.5 Å². The van der Waals surface area contributed by atoms with E-state index >= 15 is 0 Å². The fraction of sp³-hybridized carbons (Fsp3) is 0.679. The molecule has 2 aliphatic rings. The highest BCUT2D eigenvalue weighted by molar-refractivity contribution is 5.82. The molecule has 39 heavy (non-hydrogen) atoms. The zero-order valence-electron chi connectivity index (χ0n) is 23.8. The highest BCUT2D eigenvalue weighted by Gasteiger charge is 2.52. The van der Waals surface area contributed by atoms with Gasteiger partial charge in [-0.2, -0.15) is 0 Å². The molecule has 0 saturated carbocycles. The molecule has 0 aromatic heterocycles. The summed E-state index contributed by atoms with van der Waals surface area (Å²) in [6.45, 7) is 9.31. The Bertz CT molecular complexity index is 976. The SMILES string of the molecule is COC(=O)[C@H](C[C@H](NC(=O)OC(C)(C)C)C(=O)OC)C[C@H]1OC[C@H]2OC(C)(C)O[C@H]2[C@@H]1OCc1ccccc1. The van der Waals surface area contributed by atoms with Gasteiger partial charge in [0.25, 0.3) is 0 Å². The third kappa shape index (κ3) is 8.89. The van der Waals surface area contributed by atoms with Gasteiger partial charge in [-0.15, -0.1) is 0 Å². The number of esters is 2. The normalized spacial score (nSPS) is 25.6. The summed E-state index contributed by atoms with van der Waals surface area (Å²) in [4.78, 5) is 37.9. The van der Waals surface area contributed by atoms with Crippen molar-refractivity contribution in [3.05, 3.63) is 35.9 Å².